The molecule has 0 amide bonds. The lowest BCUT2D eigenvalue weighted by molar-refractivity contribution is 0.103. The lowest BCUT2D eigenvalue weighted by atomic mass is 9.98. The van der Waals surface area contributed by atoms with Crippen molar-refractivity contribution < 1.29 is 18.3 Å². The van der Waals surface area contributed by atoms with Gasteiger partial charge in [-0.25, -0.2) is 8.78 Å². The first-order valence-electron chi connectivity index (χ1n) is 5.68. The summed E-state index contributed by atoms with van der Waals surface area (Å²) in [4.78, 5) is 12.2. The molecular formula is C15H12F2O2. The third-order valence-corrected chi connectivity index (χ3v) is 2.87. The summed E-state index contributed by atoms with van der Waals surface area (Å²) in [5.74, 6) is -1.81. The Bertz CT molecular complexity index is 616. The topological polar surface area (TPSA) is 26.3 Å². The van der Waals surface area contributed by atoms with Crippen LogP contribution in [0.1, 0.15) is 21.5 Å². The van der Waals surface area contributed by atoms with E-state index in [1.165, 1.54) is 19.2 Å². The van der Waals surface area contributed by atoms with Gasteiger partial charge in [0.1, 0.15) is 17.4 Å². The van der Waals surface area contributed by atoms with Crippen LogP contribution in [0.4, 0.5) is 8.78 Å². The van der Waals surface area contributed by atoms with Crippen LogP contribution in [-0.4, -0.2) is 12.9 Å². The van der Waals surface area contributed by atoms with Crippen LogP contribution in [0, 0.1) is 18.6 Å². The van der Waals surface area contributed by atoms with E-state index in [0.717, 1.165) is 12.1 Å². The Morgan fingerprint density at radius 1 is 1.11 bits per heavy atom. The van der Waals surface area contributed by atoms with Gasteiger partial charge in [0.25, 0.3) is 0 Å². The van der Waals surface area contributed by atoms with Gasteiger partial charge in [-0.05, 0) is 42.8 Å². The van der Waals surface area contributed by atoms with Crippen LogP contribution in [0.2, 0.25) is 0 Å². The number of hydrogen-bond acceptors (Lipinski definition) is 2. The lowest BCUT2D eigenvalue weighted by Crippen LogP contribution is -2.09. The molecule has 0 atom stereocenters. The molecule has 2 nitrogen and oxygen atoms in total. The molecule has 19 heavy (non-hydrogen) atoms. The second-order valence-electron chi connectivity index (χ2n) is 4.11. The van der Waals surface area contributed by atoms with Crippen molar-refractivity contribution in [3.8, 4) is 5.75 Å². The van der Waals surface area contributed by atoms with Gasteiger partial charge in [0, 0.05) is 5.56 Å². The summed E-state index contributed by atoms with van der Waals surface area (Å²) in [6.07, 6.45) is 0. The molecular weight excluding hydrogens is 250 g/mol. The highest BCUT2D eigenvalue weighted by molar-refractivity contribution is 6.10. The summed E-state index contributed by atoms with van der Waals surface area (Å²) in [7, 11) is 1.51. The van der Waals surface area contributed by atoms with Crippen molar-refractivity contribution in [1.82, 2.24) is 0 Å². The van der Waals surface area contributed by atoms with Crippen LogP contribution in [-0.2, 0) is 0 Å². The molecule has 0 radical (unpaired) electrons. The molecule has 0 heterocycles. The minimum atomic E-state index is -0.861. The van der Waals surface area contributed by atoms with Gasteiger partial charge in [-0.2, -0.15) is 0 Å². The van der Waals surface area contributed by atoms with E-state index in [0.29, 0.717) is 11.3 Å². The molecule has 0 saturated carbocycles. The number of methoxy groups -OCH3 is 1. The summed E-state index contributed by atoms with van der Waals surface area (Å²) < 4.78 is 32.2. The molecule has 2 aromatic rings. The Morgan fingerprint density at radius 3 is 2.26 bits per heavy atom. The Kier molecular flexibility index (Phi) is 3.60. The highest BCUT2D eigenvalue weighted by atomic mass is 19.1. The van der Waals surface area contributed by atoms with Gasteiger partial charge in [0.15, 0.2) is 5.78 Å². The number of halogens is 2. The monoisotopic (exact) mass is 262 g/mol. The van der Waals surface area contributed by atoms with Crippen LogP contribution in [0.5, 0.6) is 5.75 Å². The van der Waals surface area contributed by atoms with Crippen molar-refractivity contribution in [3.05, 3.63) is 64.7 Å². The molecule has 0 spiro atoms. The van der Waals surface area contributed by atoms with E-state index in [-0.39, 0.29) is 5.56 Å². The van der Waals surface area contributed by atoms with E-state index >= 15 is 0 Å². The molecule has 2 rings (SSSR count). The molecule has 0 unspecified atom stereocenters. The van der Waals surface area contributed by atoms with Crippen molar-refractivity contribution in [2.75, 3.05) is 7.11 Å². The molecule has 4 heteroatoms. The van der Waals surface area contributed by atoms with E-state index in [4.69, 9.17) is 4.74 Å². The fourth-order valence-electron chi connectivity index (χ4n) is 1.87. The molecule has 0 fully saturated rings. The second-order valence-corrected chi connectivity index (χ2v) is 4.11. The summed E-state index contributed by atoms with van der Waals surface area (Å²) in [5, 5.41) is 0. The first-order chi connectivity index (χ1) is 9.04. The lowest BCUT2D eigenvalue weighted by Gasteiger charge is -2.08. The predicted molar refractivity (Wildman–Crippen MR) is 67.5 cm³/mol. The molecule has 0 aliphatic carbocycles. The molecule has 0 aliphatic heterocycles. The van der Waals surface area contributed by atoms with Crippen molar-refractivity contribution in [2.45, 2.75) is 6.92 Å². The van der Waals surface area contributed by atoms with Gasteiger partial charge >= 0.3 is 0 Å². The van der Waals surface area contributed by atoms with Gasteiger partial charge in [-0.3, -0.25) is 4.79 Å². The zero-order valence-electron chi connectivity index (χ0n) is 10.5. The maximum atomic E-state index is 13.6. The molecule has 0 saturated heterocycles. The number of carbonyl (C=O) groups is 1. The zero-order chi connectivity index (χ0) is 14.0. The van der Waals surface area contributed by atoms with Crippen molar-refractivity contribution in [1.29, 1.82) is 0 Å². The predicted octanol–water partition coefficient (Wildman–Crippen LogP) is 3.51. The Balaban J connectivity index is 2.51. The fourth-order valence-corrected chi connectivity index (χ4v) is 1.87. The number of ketones is 1. The van der Waals surface area contributed by atoms with Gasteiger partial charge in [0.2, 0.25) is 0 Å². The standard InChI is InChI=1S/C15H12F2O2/c1-9-8-10(19-2)6-7-11(9)15(18)14-12(16)4-3-5-13(14)17/h3-8H,1-2H3. The average molecular weight is 262 g/mol. The number of hydrogen-bond donors (Lipinski definition) is 0. The Morgan fingerprint density at radius 2 is 1.74 bits per heavy atom. The van der Waals surface area contributed by atoms with Crippen LogP contribution in [0.3, 0.4) is 0 Å². The minimum absolute atomic E-state index is 0.254. The number of ether oxygens (including phenoxy) is 1. The molecule has 2 aromatic carbocycles. The van der Waals surface area contributed by atoms with Crippen LogP contribution >= 0.6 is 0 Å². The number of benzene rings is 2. The van der Waals surface area contributed by atoms with Gasteiger partial charge in [0.05, 0.1) is 12.7 Å². The minimum Gasteiger partial charge on any atom is -0.497 e. The average Bonchev–Trinajstić information content (AvgIpc) is 2.38. The second kappa shape index (κ2) is 5.18. The molecule has 0 bridgehead atoms. The van der Waals surface area contributed by atoms with Crippen molar-refractivity contribution in [2.24, 2.45) is 0 Å². The zero-order valence-corrected chi connectivity index (χ0v) is 10.5. The van der Waals surface area contributed by atoms with Crippen molar-refractivity contribution >= 4 is 5.78 Å². The third kappa shape index (κ3) is 2.47. The smallest absolute Gasteiger partial charge is 0.199 e. The van der Waals surface area contributed by atoms with Crippen molar-refractivity contribution in [3.63, 3.8) is 0 Å². The first kappa shape index (κ1) is 13.2. The Labute approximate surface area is 109 Å². The quantitative estimate of drug-likeness (QED) is 0.791. The number of aryl methyl sites for hydroxylation is 1. The van der Waals surface area contributed by atoms with E-state index in [9.17, 15) is 13.6 Å². The summed E-state index contributed by atoms with van der Waals surface area (Å²) in [6.45, 7) is 1.69. The van der Waals surface area contributed by atoms with Crippen LogP contribution in [0.15, 0.2) is 36.4 Å². The van der Waals surface area contributed by atoms with E-state index in [2.05, 4.69) is 0 Å². The van der Waals surface area contributed by atoms with Gasteiger partial charge < -0.3 is 4.74 Å². The highest BCUT2D eigenvalue weighted by Gasteiger charge is 2.20. The van der Waals surface area contributed by atoms with E-state index < -0.39 is 23.0 Å². The SMILES string of the molecule is COc1ccc(C(=O)c2c(F)cccc2F)c(C)c1. The van der Waals surface area contributed by atoms with Gasteiger partial charge in [-0.15, -0.1) is 0 Å². The van der Waals surface area contributed by atoms with E-state index in [1.807, 2.05) is 0 Å². The maximum Gasteiger partial charge on any atom is 0.199 e. The summed E-state index contributed by atoms with van der Waals surface area (Å²) in [6, 6.07) is 8.08. The summed E-state index contributed by atoms with van der Waals surface area (Å²) >= 11 is 0. The maximum absolute atomic E-state index is 13.6. The molecule has 0 aromatic heterocycles. The number of carbonyl (C=O) groups excluding carboxylic acids is 1. The first-order valence-corrected chi connectivity index (χ1v) is 5.68. The molecule has 0 N–H and O–H groups in total. The highest BCUT2D eigenvalue weighted by Crippen LogP contribution is 2.22. The normalized spacial score (nSPS) is 10.3. The van der Waals surface area contributed by atoms with Crippen LogP contribution < -0.4 is 4.74 Å². The number of rotatable bonds is 3. The van der Waals surface area contributed by atoms with E-state index in [1.54, 1.807) is 19.1 Å². The molecule has 98 valence electrons. The summed E-state index contributed by atoms with van der Waals surface area (Å²) in [5.41, 5.74) is 0.326. The fraction of sp³-hybridized carbons (Fsp3) is 0.133. The third-order valence-electron chi connectivity index (χ3n) is 2.87. The van der Waals surface area contributed by atoms with Gasteiger partial charge in [-0.1, -0.05) is 6.07 Å². The largest absolute Gasteiger partial charge is 0.497 e. The van der Waals surface area contributed by atoms with Crippen LogP contribution in [0.25, 0.3) is 0 Å². The molecule has 0 aliphatic rings. The Hall–Kier alpha value is -2.23.